The van der Waals surface area contributed by atoms with E-state index in [0.29, 0.717) is 30.8 Å². The predicted molar refractivity (Wildman–Crippen MR) is 102 cm³/mol. The Balaban J connectivity index is 1.94. The molecule has 0 fully saturated rings. The van der Waals surface area contributed by atoms with Gasteiger partial charge in [-0.3, -0.25) is 9.59 Å². The third kappa shape index (κ3) is 5.18. The summed E-state index contributed by atoms with van der Waals surface area (Å²) in [6.45, 7) is 7.34. The summed E-state index contributed by atoms with van der Waals surface area (Å²) >= 11 is 0. The molecule has 0 aliphatic rings. The number of nitrogens with one attached hydrogen (secondary N) is 1. The highest BCUT2D eigenvalue weighted by molar-refractivity contribution is 5.96. The lowest BCUT2D eigenvalue weighted by Crippen LogP contribution is -2.30. The van der Waals surface area contributed by atoms with Crippen LogP contribution >= 0.6 is 0 Å². The van der Waals surface area contributed by atoms with Gasteiger partial charge in [0.1, 0.15) is 0 Å². The van der Waals surface area contributed by atoms with Crippen LogP contribution in [-0.2, 0) is 4.79 Å². The molecule has 0 spiro atoms. The molecule has 25 heavy (non-hydrogen) atoms. The molecule has 0 radical (unpaired) electrons. The summed E-state index contributed by atoms with van der Waals surface area (Å²) in [5.74, 6) is 0.143. The van der Waals surface area contributed by atoms with Gasteiger partial charge >= 0.3 is 0 Å². The van der Waals surface area contributed by atoms with Crippen molar-refractivity contribution in [1.82, 2.24) is 4.90 Å². The van der Waals surface area contributed by atoms with Crippen molar-refractivity contribution in [2.24, 2.45) is 0 Å². The fraction of sp³-hybridized carbons (Fsp3) is 0.333. The maximum absolute atomic E-state index is 12.3. The van der Waals surface area contributed by atoms with Crippen LogP contribution in [-0.4, -0.2) is 29.8 Å². The summed E-state index contributed by atoms with van der Waals surface area (Å²) < 4.78 is 0. The molecule has 1 N–H and O–H groups in total. The molecule has 2 aromatic carbocycles. The molecule has 2 rings (SSSR count). The summed E-state index contributed by atoms with van der Waals surface area (Å²) in [5.41, 5.74) is 2.50. The van der Waals surface area contributed by atoms with Crippen molar-refractivity contribution in [3.05, 3.63) is 65.7 Å². The van der Waals surface area contributed by atoms with Crippen LogP contribution in [0.15, 0.2) is 54.6 Å². The summed E-state index contributed by atoms with van der Waals surface area (Å²) in [5, 5.41) is 2.90. The van der Waals surface area contributed by atoms with Gasteiger partial charge in [0.2, 0.25) is 5.91 Å². The van der Waals surface area contributed by atoms with Gasteiger partial charge in [-0.15, -0.1) is 0 Å². The molecule has 1 atom stereocenters. The molecular weight excluding hydrogens is 312 g/mol. The van der Waals surface area contributed by atoms with E-state index in [2.05, 4.69) is 5.32 Å². The van der Waals surface area contributed by atoms with E-state index in [1.165, 1.54) is 0 Å². The minimum atomic E-state index is -0.0285. The molecule has 0 aliphatic heterocycles. The number of benzene rings is 2. The summed E-state index contributed by atoms with van der Waals surface area (Å²) in [4.78, 5) is 26.3. The molecule has 0 aliphatic carbocycles. The standard InChI is InChI=1S/C21H26N2O2/c1-4-23(5-2)21(25)18-11-13-19(14-12-18)22-20(24)15-16(3)17-9-7-6-8-10-17/h6-14,16H,4-5,15H2,1-3H3,(H,22,24)/t16-/m1/s1. The van der Waals surface area contributed by atoms with Crippen molar-refractivity contribution in [3.8, 4) is 0 Å². The van der Waals surface area contributed by atoms with Gasteiger partial charge in [0.25, 0.3) is 5.91 Å². The number of amides is 2. The minimum absolute atomic E-state index is 0.0144. The zero-order valence-corrected chi connectivity index (χ0v) is 15.2. The summed E-state index contributed by atoms with van der Waals surface area (Å²) in [7, 11) is 0. The average Bonchev–Trinajstić information content (AvgIpc) is 2.64. The Hall–Kier alpha value is -2.62. The quantitative estimate of drug-likeness (QED) is 0.818. The molecular formula is C21H26N2O2. The number of rotatable bonds is 7. The van der Waals surface area contributed by atoms with Crippen LogP contribution in [0.5, 0.6) is 0 Å². The second kappa shape index (κ2) is 9.02. The minimum Gasteiger partial charge on any atom is -0.339 e. The van der Waals surface area contributed by atoms with E-state index in [9.17, 15) is 9.59 Å². The normalized spacial score (nSPS) is 11.6. The monoisotopic (exact) mass is 338 g/mol. The summed E-state index contributed by atoms with van der Waals surface area (Å²) in [6, 6.07) is 17.1. The van der Waals surface area contributed by atoms with Gasteiger partial charge in [0.05, 0.1) is 0 Å². The Labute approximate surface area is 149 Å². The molecule has 0 heterocycles. The van der Waals surface area contributed by atoms with Gasteiger partial charge in [-0.2, -0.15) is 0 Å². The van der Waals surface area contributed by atoms with Gasteiger partial charge in [-0.05, 0) is 49.6 Å². The number of carbonyl (C=O) groups excluding carboxylic acids is 2. The first-order valence-corrected chi connectivity index (χ1v) is 8.79. The topological polar surface area (TPSA) is 49.4 Å². The lowest BCUT2D eigenvalue weighted by molar-refractivity contribution is -0.116. The van der Waals surface area contributed by atoms with Crippen LogP contribution in [0.25, 0.3) is 0 Å². The zero-order chi connectivity index (χ0) is 18.2. The maximum Gasteiger partial charge on any atom is 0.253 e. The van der Waals surface area contributed by atoms with E-state index < -0.39 is 0 Å². The number of hydrogen-bond acceptors (Lipinski definition) is 2. The predicted octanol–water partition coefficient (Wildman–Crippen LogP) is 4.30. The molecule has 2 aromatic rings. The average molecular weight is 338 g/mol. The van der Waals surface area contributed by atoms with Crippen molar-refractivity contribution in [2.45, 2.75) is 33.1 Å². The SMILES string of the molecule is CCN(CC)C(=O)c1ccc(NC(=O)C[C@@H](C)c2ccccc2)cc1. The van der Waals surface area contributed by atoms with Crippen molar-refractivity contribution < 1.29 is 9.59 Å². The smallest absolute Gasteiger partial charge is 0.253 e. The van der Waals surface area contributed by atoms with Gasteiger partial charge in [0.15, 0.2) is 0 Å². The number of carbonyl (C=O) groups is 2. The Kier molecular flexibility index (Phi) is 6.75. The highest BCUT2D eigenvalue weighted by Crippen LogP contribution is 2.19. The number of nitrogens with zero attached hydrogens (tertiary/aromatic N) is 1. The van der Waals surface area contributed by atoms with Crippen molar-refractivity contribution in [3.63, 3.8) is 0 Å². The molecule has 4 heteroatoms. The third-order valence-corrected chi connectivity index (χ3v) is 4.33. The first-order chi connectivity index (χ1) is 12.0. The molecule has 4 nitrogen and oxygen atoms in total. The fourth-order valence-corrected chi connectivity index (χ4v) is 2.78. The van der Waals surface area contributed by atoms with E-state index in [1.807, 2.05) is 51.1 Å². The van der Waals surface area contributed by atoms with E-state index in [4.69, 9.17) is 0 Å². The molecule has 0 unspecified atom stereocenters. The lowest BCUT2D eigenvalue weighted by Gasteiger charge is -2.18. The lowest BCUT2D eigenvalue weighted by atomic mass is 9.97. The number of hydrogen-bond donors (Lipinski definition) is 1. The van der Waals surface area contributed by atoms with Crippen LogP contribution in [0.2, 0.25) is 0 Å². The van der Waals surface area contributed by atoms with Crippen molar-refractivity contribution >= 4 is 17.5 Å². The van der Waals surface area contributed by atoms with Crippen LogP contribution < -0.4 is 5.32 Å². The van der Waals surface area contributed by atoms with E-state index >= 15 is 0 Å². The van der Waals surface area contributed by atoms with E-state index in [-0.39, 0.29) is 17.7 Å². The molecule has 0 saturated heterocycles. The fourth-order valence-electron chi connectivity index (χ4n) is 2.78. The highest BCUT2D eigenvalue weighted by Gasteiger charge is 2.13. The Bertz CT molecular complexity index is 692. The second-order valence-electron chi connectivity index (χ2n) is 6.12. The molecule has 132 valence electrons. The number of anilines is 1. The molecule has 0 saturated carbocycles. The zero-order valence-electron chi connectivity index (χ0n) is 15.2. The van der Waals surface area contributed by atoms with Gasteiger partial charge < -0.3 is 10.2 Å². The van der Waals surface area contributed by atoms with E-state index in [0.717, 1.165) is 5.56 Å². The molecule has 0 aromatic heterocycles. The highest BCUT2D eigenvalue weighted by atomic mass is 16.2. The van der Waals surface area contributed by atoms with Gasteiger partial charge in [-0.1, -0.05) is 37.3 Å². The Morgan fingerprint density at radius 3 is 2.12 bits per heavy atom. The second-order valence-corrected chi connectivity index (χ2v) is 6.12. The van der Waals surface area contributed by atoms with Crippen LogP contribution in [0, 0.1) is 0 Å². The Morgan fingerprint density at radius 1 is 0.960 bits per heavy atom. The van der Waals surface area contributed by atoms with Gasteiger partial charge in [-0.25, -0.2) is 0 Å². The Morgan fingerprint density at radius 2 is 1.56 bits per heavy atom. The van der Waals surface area contributed by atoms with Crippen molar-refractivity contribution in [1.29, 1.82) is 0 Å². The first kappa shape index (κ1) is 18.7. The molecule has 0 bridgehead atoms. The largest absolute Gasteiger partial charge is 0.339 e. The van der Waals surface area contributed by atoms with E-state index in [1.54, 1.807) is 29.2 Å². The first-order valence-electron chi connectivity index (χ1n) is 8.79. The van der Waals surface area contributed by atoms with Crippen LogP contribution in [0.4, 0.5) is 5.69 Å². The van der Waals surface area contributed by atoms with Crippen LogP contribution in [0.1, 0.15) is 49.0 Å². The van der Waals surface area contributed by atoms with Crippen LogP contribution in [0.3, 0.4) is 0 Å². The third-order valence-electron chi connectivity index (χ3n) is 4.33. The van der Waals surface area contributed by atoms with Gasteiger partial charge in [0, 0.05) is 30.8 Å². The summed E-state index contributed by atoms with van der Waals surface area (Å²) in [6.07, 6.45) is 0.421. The molecule has 2 amide bonds. The maximum atomic E-state index is 12.3. The van der Waals surface area contributed by atoms with Crippen molar-refractivity contribution in [2.75, 3.05) is 18.4 Å².